The molecule has 0 aromatic heterocycles. The van der Waals surface area contributed by atoms with Gasteiger partial charge < -0.3 is 5.11 Å². The van der Waals surface area contributed by atoms with Crippen molar-refractivity contribution in [3.8, 4) is 12.3 Å². The Morgan fingerprint density at radius 3 is 2.59 bits per heavy atom. The van der Waals surface area contributed by atoms with Crippen molar-refractivity contribution in [1.29, 1.82) is 0 Å². The first-order valence-corrected chi connectivity index (χ1v) is 7.96. The predicted octanol–water partition coefficient (Wildman–Crippen LogP) is 3.29. The van der Waals surface area contributed by atoms with E-state index < -0.39 is 17.2 Å². The van der Waals surface area contributed by atoms with Crippen LogP contribution >= 0.6 is 0 Å². The lowest BCUT2D eigenvalue weighted by Crippen LogP contribution is -2.40. The maximum Gasteiger partial charge on any atom is 0.137 e. The summed E-state index contributed by atoms with van der Waals surface area (Å²) in [6.07, 6.45) is 8.07. The topological polar surface area (TPSA) is 48.2 Å². The minimum atomic E-state index is -1.91. The second-order valence-electron chi connectivity index (χ2n) is 5.91. The van der Waals surface area contributed by atoms with Crippen LogP contribution in [0.15, 0.2) is 65.3 Å². The Hall–Kier alpha value is -3.52. The van der Waals surface area contributed by atoms with Crippen LogP contribution in [0.2, 0.25) is 0 Å². The van der Waals surface area contributed by atoms with E-state index in [9.17, 15) is 13.9 Å². The molecule has 0 bridgehead atoms. The summed E-state index contributed by atoms with van der Waals surface area (Å²) in [7, 11) is 0. The highest BCUT2D eigenvalue weighted by atomic mass is 19.1. The summed E-state index contributed by atoms with van der Waals surface area (Å²) >= 11 is 0. The molecular weight excluding hydrogens is 348 g/mol. The van der Waals surface area contributed by atoms with E-state index in [1.165, 1.54) is 23.6 Å². The third-order valence-electron chi connectivity index (χ3n) is 4.19. The molecule has 4 nitrogen and oxygen atoms in total. The predicted molar refractivity (Wildman–Crippen MR) is 101 cm³/mol. The van der Waals surface area contributed by atoms with E-state index >= 15 is 0 Å². The molecular formula is C21H15F2N3O. The van der Waals surface area contributed by atoms with E-state index in [0.717, 1.165) is 6.07 Å². The van der Waals surface area contributed by atoms with Crippen molar-refractivity contribution in [2.45, 2.75) is 5.60 Å². The molecule has 0 radical (unpaired) electrons. The lowest BCUT2D eigenvalue weighted by atomic mass is 9.82. The molecule has 2 aromatic rings. The van der Waals surface area contributed by atoms with Gasteiger partial charge in [-0.25, -0.2) is 18.8 Å². The van der Waals surface area contributed by atoms with Crippen molar-refractivity contribution in [2.24, 2.45) is 10.1 Å². The highest BCUT2D eigenvalue weighted by molar-refractivity contribution is 5.74. The number of hydrazone groups is 1. The van der Waals surface area contributed by atoms with Crippen LogP contribution in [-0.2, 0) is 5.60 Å². The molecule has 3 rings (SSSR count). The minimum Gasteiger partial charge on any atom is -0.378 e. The number of β-amino-alcohol motifs (C(OH)–C–C–N with tert-alkyl or cyclic N) is 1. The SMILES string of the molecule is C#Cc1ccc(C(=C)C(O)(CN2C=NC=C=N2)c2ccc(F)cc2F)cc1. The maximum atomic E-state index is 14.5. The van der Waals surface area contributed by atoms with E-state index in [0.29, 0.717) is 17.2 Å². The summed E-state index contributed by atoms with van der Waals surface area (Å²) < 4.78 is 27.9. The Morgan fingerprint density at radius 1 is 1.26 bits per heavy atom. The second-order valence-corrected chi connectivity index (χ2v) is 5.91. The van der Waals surface area contributed by atoms with Crippen molar-refractivity contribution >= 4 is 17.8 Å². The monoisotopic (exact) mass is 363 g/mol. The zero-order valence-corrected chi connectivity index (χ0v) is 14.2. The van der Waals surface area contributed by atoms with Crippen LogP contribution in [-0.4, -0.2) is 28.9 Å². The lowest BCUT2D eigenvalue weighted by molar-refractivity contribution is 0.0725. The molecule has 27 heavy (non-hydrogen) atoms. The van der Waals surface area contributed by atoms with Crippen LogP contribution in [0, 0.1) is 24.0 Å². The van der Waals surface area contributed by atoms with E-state index in [2.05, 4.69) is 28.5 Å². The van der Waals surface area contributed by atoms with Gasteiger partial charge >= 0.3 is 0 Å². The molecule has 6 heteroatoms. The van der Waals surface area contributed by atoms with E-state index in [4.69, 9.17) is 6.42 Å². The number of aliphatic hydroxyl groups is 1. The van der Waals surface area contributed by atoms with Crippen LogP contribution in [0.3, 0.4) is 0 Å². The van der Waals surface area contributed by atoms with Gasteiger partial charge in [0.05, 0.1) is 12.7 Å². The molecule has 0 amide bonds. The van der Waals surface area contributed by atoms with Gasteiger partial charge in [0.1, 0.15) is 23.6 Å². The quantitative estimate of drug-likeness (QED) is 0.829. The van der Waals surface area contributed by atoms with E-state index in [1.54, 1.807) is 24.3 Å². The summed E-state index contributed by atoms with van der Waals surface area (Å²) in [6, 6.07) is 9.70. The number of benzene rings is 2. The Labute approximate surface area is 155 Å². The summed E-state index contributed by atoms with van der Waals surface area (Å²) in [6.45, 7) is 3.76. The van der Waals surface area contributed by atoms with Crippen LogP contribution in [0.4, 0.5) is 8.78 Å². The lowest BCUT2D eigenvalue weighted by Gasteiger charge is -2.34. The third kappa shape index (κ3) is 3.70. The summed E-state index contributed by atoms with van der Waals surface area (Å²) in [4.78, 5) is 3.88. The van der Waals surface area contributed by atoms with Crippen molar-refractivity contribution in [1.82, 2.24) is 5.01 Å². The number of nitrogens with zero attached hydrogens (tertiary/aromatic N) is 3. The number of terminal acetylenes is 1. The van der Waals surface area contributed by atoms with Crippen molar-refractivity contribution < 1.29 is 13.9 Å². The second kappa shape index (κ2) is 7.38. The van der Waals surface area contributed by atoms with Gasteiger partial charge in [0.25, 0.3) is 0 Å². The molecule has 1 aliphatic heterocycles. The number of hydrogen-bond donors (Lipinski definition) is 1. The summed E-state index contributed by atoms with van der Waals surface area (Å²) in [5.41, 5.74) is -0.637. The van der Waals surface area contributed by atoms with Gasteiger partial charge in [-0.1, -0.05) is 24.6 Å². The normalized spacial score (nSPS) is 14.7. The Bertz CT molecular complexity index is 1010. The molecule has 0 aliphatic carbocycles. The van der Waals surface area contributed by atoms with Gasteiger partial charge in [-0.3, -0.25) is 0 Å². The molecule has 1 heterocycles. The summed E-state index contributed by atoms with van der Waals surface area (Å²) in [5.74, 6) is 3.39. The fourth-order valence-electron chi connectivity index (χ4n) is 2.75. The number of halogens is 2. The molecule has 1 N–H and O–H groups in total. The zero-order chi connectivity index (χ0) is 19.4. The van der Waals surface area contributed by atoms with E-state index in [-0.39, 0.29) is 17.7 Å². The van der Waals surface area contributed by atoms with E-state index in [1.807, 2.05) is 0 Å². The average molecular weight is 363 g/mol. The highest BCUT2D eigenvalue weighted by Crippen LogP contribution is 2.37. The molecule has 1 atom stereocenters. The highest BCUT2D eigenvalue weighted by Gasteiger charge is 2.38. The van der Waals surface area contributed by atoms with Crippen molar-refractivity contribution in [3.05, 3.63) is 83.6 Å². The summed E-state index contributed by atoms with van der Waals surface area (Å²) in [5, 5.41) is 16.7. The van der Waals surface area contributed by atoms with Crippen LogP contribution in [0.5, 0.6) is 0 Å². The molecule has 0 fully saturated rings. The smallest absolute Gasteiger partial charge is 0.137 e. The van der Waals surface area contributed by atoms with Gasteiger partial charge in [-0.2, -0.15) is 0 Å². The van der Waals surface area contributed by atoms with Gasteiger partial charge in [0.2, 0.25) is 0 Å². The van der Waals surface area contributed by atoms with Crippen molar-refractivity contribution in [2.75, 3.05) is 6.54 Å². The molecule has 0 spiro atoms. The third-order valence-corrected chi connectivity index (χ3v) is 4.19. The molecule has 134 valence electrons. The number of aliphatic imine (C=N–C) groups is 1. The van der Waals surface area contributed by atoms with Gasteiger partial charge in [0.15, 0.2) is 0 Å². The first kappa shape index (κ1) is 18.3. The fraction of sp³-hybridized carbons (Fsp3) is 0.0952. The van der Waals surface area contributed by atoms with Gasteiger partial charge in [-0.15, -0.1) is 11.5 Å². The Kier molecular flexibility index (Phi) is 5.00. The molecule has 1 aliphatic rings. The molecule has 1 unspecified atom stereocenters. The fourth-order valence-corrected chi connectivity index (χ4v) is 2.75. The number of hydrogen-bond acceptors (Lipinski definition) is 4. The largest absolute Gasteiger partial charge is 0.378 e. The van der Waals surface area contributed by atoms with Gasteiger partial charge in [0, 0.05) is 23.1 Å². The van der Waals surface area contributed by atoms with Crippen molar-refractivity contribution in [3.63, 3.8) is 0 Å². The maximum absolute atomic E-state index is 14.5. The van der Waals surface area contributed by atoms with Gasteiger partial charge in [-0.05, 0) is 35.4 Å². The first-order chi connectivity index (χ1) is 12.9. The zero-order valence-electron chi connectivity index (χ0n) is 14.2. The Morgan fingerprint density at radius 2 is 2.00 bits per heavy atom. The number of rotatable bonds is 5. The van der Waals surface area contributed by atoms with Crippen LogP contribution in [0.1, 0.15) is 16.7 Å². The Balaban J connectivity index is 2.07. The average Bonchev–Trinajstić information content (AvgIpc) is 2.68. The first-order valence-electron chi connectivity index (χ1n) is 7.96. The van der Waals surface area contributed by atoms with Crippen LogP contribution < -0.4 is 0 Å². The minimum absolute atomic E-state index is 0.131. The standard InChI is InChI=1S/C21H15F2N3O/c1-3-16-4-6-17(7-5-16)15(2)21(27,13-26-14-24-10-11-25-26)19-9-8-18(22)12-20(19)23/h1,4-10,12,14,27H,2,13H2. The van der Waals surface area contributed by atoms with Crippen LogP contribution in [0.25, 0.3) is 5.57 Å². The molecule has 2 aromatic carbocycles. The molecule has 0 saturated heterocycles. The molecule has 0 saturated carbocycles.